The van der Waals surface area contributed by atoms with E-state index in [1.54, 1.807) is 14.0 Å². The van der Waals surface area contributed by atoms with Crippen molar-refractivity contribution in [1.29, 1.82) is 0 Å². The van der Waals surface area contributed by atoms with E-state index in [9.17, 15) is 13.6 Å². The maximum absolute atomic E-state index is 14.7. The molecule has 0 radical (unpaired) electrons. The monoisotopic (exact) mass is 529 g/mol. The van der Waals surface area contributed by atoms with Crippen molar-refractivity contribution in [2.24, 2.45) is 11.8 Å². The molecular weight excluding hydrogens is 496 g/mol. The number of carbonyl (C=O) groups excluding carboxylic acids is 1. The van der Waals surface area contributed by atoms with Crippen LogP contribution in [0.1, 0.15) is 33.4 Å². The summed E-state index contributed by atoms with van der Waals surface area (Å²) in [6.45, 7) is 6.65. The molecule has 1 amide bonds. The number of halogens is 2. The van der Waals surface area contributed by atoms with Crippen LogP contribution in [0.2, 0.25) is 0 Å². The molecule has 3 atom stereocenters. The molecule has 0 bridgehead atoms. The van der Waals surface area contributed by atoms with Gasteiger partial charge in [0, 0.05) is 48.4 Å². The van der Waals surface area contributed by atoms with Crippen LogP contribution in [0.3, 0.4) is 0 Å². The van der Waals surface area contributed by atoms with Crippen molar-refractivity contribution < 1.29 is 18.3 Å². The molecule has 198 valence electrons. The van der Waals surface area contributed by atoms with Crippen molar-refractivity contribution in [3.05, 3.63) is 46.0 Å². The van der Waals surface area contributed by atoms with Gasteiger partial charge in [-0.3, -0.25) is 4.79 Å². The van der Waals surface area contributed by atoms with Crippen LogP contribution < -0.4 is 26.0 Å². The average Bonchev–Trinajstić information content (AvgIpc) is 3.18. The lowest BCUT2D eigenvalue weighted by molar-refractivity contribution is -0.109. The number of nitrogens with one attached hydrogen (secondary N) is 2. The molecule has 4 N–H and O–H groups in total. The second-order valence-corrected chi connectivity index (χ2v) is 11.3. The Morgan fingerprint density at radius 1 is 1.30 bits per heavy atom. The molecule has 2 aromatic heterocycles. The summed E-state index contributed by atoms with van der Waals surface area (Å²) in [6, 6.07) is 7.61. The summed E-state index contributed by atoms with van der Waals surface area (Å²) < 4.78 is 35.4. The molecule has 1 fully saturated rings. The first kappa shape index (κ1) is 25.7. The summed E-state index contributed by atoms with van der Waals surface area (Å²) in [7, 11) is 1.70. The fraction of sp³-hybridized carbons (Fsp3) is 0.481. The first-order valence-electron chi connectivity index (χ1n) is 12.6. The van der Waals surface area contributed by atoms with E-state index < -0.39 is 17.8 Å². The normalized spacial score (nSPS) is 23.0. The molecule has 10 heteroatoms. The van der Waals surface area contributed by atoms with Crippen molar-refractivity contribution in [2.75, 3.05) is 43.9 Å². The van der Waals surface area contributed by atoms with Gasteiger partial charge in [-0.1, -0.05) is 13.0 Å². The molecule has 2 aliphatic heterocycles. The third-order valence-electron chi connectivity index (χ3n) is 7.47. The van der Waals surface area contributed by atoms with Crippen LogP contribution in [0.4, 0.5) is 20.2 Å². The fourth-order valence-electron chi connectivity index (χ4n) is 5.51. The highest BCUT2D eigenvalue weighted by Crippen LogP contribution is 2.40. The zero-order valence-electron chi connectivity index (χ0n) is 21.5. The average molecular weight is 530 g/mol. The van der Waals surface area contributed by atoms with Gasteiger partial charge in [0.15, 0.2) is 0 Å². The van der Waals surface area contributed by atoms with Crippen molar-refractivity contribution in [1.82, 2.24) is 15.6 Å². The van der Waals surface area contributed by atoms with Crippen molar-refractivity contribution in [3.63, 3.8) is 0 Å². The van der Waals surface area contributed by atoms with Gasteiger partial charge in [-0.15, -0.1) is 11.3 Å². The van der Waals surface area contributed by atoms with E-state index in [4.69, 9.17) is 10.5 Å². The molecule has 2 aliphatic rings. The number of rotatable bonds is 5. The number of fused-ring (bicyclic) bond motifs is 2. The topological polar surface area (TPSA) is 92.5 Å². The van der Waals surface area contributed by atoms with Gasteiger partial charge in [0.1, 0.15) is 22.1 Å². The van der Waals surface area contributed by atoms with Gasteiger partial charge >= 0.3 is 0 Å². The Balaban J connectivity index is 1.29. The van der Waals surface area contributed by atoms with Gasteiger partial charge in [0.25, 0.3) is 11.8 Å². The number of pyridine rings is 1. The molecule has 3 aromatic rings. The molecule has 5 rings (SSSR count). The van der Waals surface area contributed by atoms with E-state index in [1.807, 2.05) is 43.0 Å². The van der Waals surface area contributed by atoms with Crippen molar-refractivity contribution in [2.45, 2.75) is 39.2 Å². The van der Waals surface area contributed by atoms with Crippen molar-refractivity contribution >= 4 is 38.8 Å². The molecule has 0 saturated carbocycles. The van der Waals surface area contributed by atoms with Gasteiger partial charge in [0.05, 0.1) is 17.6 Å². The number of aryl methyl sites for hydroxylation is 2. The number of benzene rings is 1. The predicted octanol–water partition coefficient (Wildman–Crippen LogP) is 4.16. The summed E-state index contributed by atoms with van der Waals surface area (Å²) in [6.07, 6.45) is 0.611. The van der Waals surface area contributed by atoms with E-state index in [-0.39, 0.29) is 31.6 Å². The second kappa shape index (κ2) is 9.72. The van der Waals surface area contributed by atoms with E-state index in [2.05, 4.69) is 15.6 Å². The van der Waals surface area contributed by atoms with Crippen LogP contribution in [-0.4, -0.2) is 56.1 Å². The first-order chi connectivity index (χ1) is 17.6. The third-order valence-corrected chi connectivity index (χ3v) is 8.57. The van der Waals surface area contributed by atoms with Crippen LogP contribution in [0, 0.1) is 25.7 Å². The maximum Gasteiger partial charge on any atom is 0.263 e. The molecule has 4 heterocycles. The lowest BCUT2D eigenvalue weighted by atomic mass is 9.85. The van der Waals surface area contributed by atoms with Gasteiger partial charge in [-0.05, 0) is 50.6 Å². The fourth-order valence-corrected chi connectivity index (χ4v) is 6.63. The highest BCUT2D eigenvalue weighted by molar-refractivity contribution is 7.21. The smallest absolute Gasteiger partial charge is 0.263 e. The highest BCUT2D eigenvalue weighted by Gasteiger charge is 2.49. The number of hydrogen-bond donors (Lipinski definition) is 3. The quantitative estimate of drug-likeness (QED) is 0.460. The standard InChI is InChI=1S/C27H33F2N5O2S/c1-14-7-16(3)32-26-22(14)23(30)24(37-26)25(35)33-19-8-17-5-6-20(9-21(17)36-13-19)34-11-15(2)27(28,29)18(12-34)10-31-4/h5-7,9,15,18-19,31H,8,10-13,30H2,1-4H3,(H,33,35)/t15?,18?,19-/m1/s1. The lowest BCUT2D eigenvalue weighted by Gasteiger charge is -2.43. The number of amides is 1. The number of thiophene rings is 1. The molecule has 0 aliphatic carbocycles. The van der Waals surface area contributed by atoms with Crippen LogP contribution in [0.15, 0.2) is 24.3 Å². The number of aromatic nitrogens is 1. The number of hydrogen-bond acceptors (Lipinski definition) is 7. The van der Waals surface area contributed by atoms with Crippen LogP contribution in [0.25, 0.3) is 10.2 Å². The van der Waals surface area contributed by atoms with Crippen LogP contribution >= 0.6 is 11.3 Å². The Morgan fingerprint density at radius 2 is 2.08 bits per heavy atom. The minimum atomic E-state index is -2.71. The van der Waals surface area contributed by atoms with Gasteiger partial charge in [0.2, 0.25) is 0 Å². The van der Waals surface area contributed by atoms with Gasteiger partial charge in [-0.2, -0.15) is 0 Å². The SMILES string of the molecule is CNCC1CN(c2ccc3c(c2)OC[C@H](NC(=O)c2sc4nc(C)cc(C)c4c2N)C3)CC(C)C1(F)F. The Hall–Kier alpha value is -2.98. The summed E-state index contributed by atoms with van der Waals surface area (Å²) in [4.78, 5) is 20.9. The molecule has 37 heavy (non-hydrogen) atoms. The van der Waals surface area contributed by atoms with E-state index in [0.717, 1.165) is 38.5 Å². The Kier molecular flexibility index (Phi) is 6.74. The molecule has 2 unspecified atom stereocenters. The van der Waals surface area contributed by atoms with Crippen LogP contribution in [-0.2, 0) is 6.42 Å². The molecule has 1 aromatic carbocycles. The van der Waals surface area contributed by atoms with E-state index in [0.29, 0.717) is 23.6 Å². The summed E-state index contributed by atoms with van der Waals surface area (Å²) in [5, 5.41) is 6.80. The zero-order chi connectivity index (χ0) is 26.5. The third kappa shape index (κ3) is 4.72. The molecule has 1 saturated heterocycles. The van der Waals surface area contributed by atoms with Crippen molar-refractivity contribution in [3.8, 4) is 5.75 Å². The number of anilines is 2. The minimum Gasteiger partial charge on any atom is -0.491 e. The predicted molar refractivity (Wildman–Crippen MR) is 144 cm³/mol. The zero-order valence-corrected chi connectivity index (χ0v) is 22.3. The second-order valence-electron chi connectivity index (χ2n) is 10.3. The van der Waals surface area contributed by atoms with Gasteiger partial charge in [-0.25, -0.2) is 13.8 Å². The number of nitrogen functional groups attached to an aromatic ring is 1. The molecule has 7 nitrogen and oxygen atoms in total. The minimum absolute atomic E-state index is 0.208. The number of piperidine rings is 1. The van der Waals surface area contributed by atoms with Gasteiger partial charge < -0.3 is 26.0 Å². The molecule has 0 spiro atoms. The lowest BCUT2D eigenvalue weighted by Crippen LogP contribution is -2.55. The first-order valence-corrected chi connectivity index (χ1v) is 13.4. The number of ether oxygens (including phenoxy) is 1. The number of nitrogens with zero attached hydrogens (tertiary/aromatic N) is 2. The summed E-state index contributed by atoms with van der Waals surface area (Å²) in [5.41, 5.74) is 10.5. The number of carbonyl (C=O) groups is 1. The van der Waals surface area contributed by atoms with Crippen LogP contribution in [0.5, 0.6) is 5.75 Å². The Morgan fingerprint density at radius 3 is 2.84 bits per heavy atom. The Bertz CT molecular complexity index is 1340. The van der Waals surface area contributed by atoms with E-state index >= 15 is 0 Å². The number of nitrogens with two attached hydrogens (primary N) is 1. The summed E-state index contributed by atoms with van der Waals surface area (Å²) >= 11 is 1.30. The number of alkyl halides is 2. The summed E-state index contributed by atoms with van der Waals surface area (Å²) in [5.74, 6) is -3.72. The molecular formula is C27H33F2N5O2S. The highest BCUT2D eigenvalue weighted by atomic mass is 32.1. The van der Waals surface area contributed by atoms with E-state index in [1.165, 1.54) is 11.3 Å². The Labute approximate surface area is 219 Å². The largest absolute Gasteiger partial charge is 0.491 e. The maximum atomic E-state index is 14.7.